The minimum Gasteiger partial charge on any atom is -0.343 e. The molecule has 1 atom stereocenters. The van der Waals surface area contributed by atoms with Gasteiger partial charge in [-0.2, -0.15) is 5.10 Å². The van der Waals surface area contributed by atoms with Crippen LogP contribution in [0.1, 0.15) is 38.6 Å². The number of piperidine rings is 2. The van der Waals surface area contributed by atoms with Gasteiger partial charge in [0.25, 0.3) is 0 Å². The smallest absolute Gasteiger partial charge is 0.225 e. The third kappa shape index (κ3) is 3.13. The molecule has 0 aliphatic carbocycles. The molecule has 1 aromatic heterocycles. The van der Waals surface area contributed by atoms with E-state index in [2.05, 4.69) is 10.1 Å². The number of aromatic nitrogens is 3. The summed E-state index contributed by atoms with van der Waals surface area (Å²) in [4.78, 5) is 31.9. The summed E-state index contributed by atoms with van der Waals surface area (Å²) in [7, 11) is 0. The minimum atomic E-state index is 0.0603. The molecule has 0 bridgehead atoms. The molecule has 2 aliphatic heterocycles. The van der Waals surface area contributed by atoms with Gasteiger partial charge in [0.05, 0.1) is 6.04 Å². The van der Waals surface area contributed by atoms with E-state index in [9.17, 15) is 9.59 Å². The topological polar surface area (TPSA) is 71.3 Å². The molecule has 3 rings (SSSR count). The molecule has 22 heavy (non-hydrogen) atoms. The van der Waals surface area contributed by atoms with Crippen LogP contribution in [0.25, 0.3) is 0 Å². The molecule has 7 heteroatoms. The number of likely N-dealkylation sites (tertiary alicyclic amines) is 2. The van der Waals surface area contributed by atoms with Crippen LogP contribution in [-0.2, 0) is 9.59 Å². The number of nitrogens with zero attached hydrogens (tertiary/aromatic N) is 5. The van der Waals surface area contributed by atoms with E-state index >= 15 is 0 Å². The predicted molar refractivity (Wildman–Crippen MR) is 79.9 cm³/mol. The molecule has 0 unspecified atom stereocenters. The first-order valence-corrected chi connectivity index (χ1v) is 8.03. The van der Waals surface area contributed by atoms with Crippen LogP contribution in [0.2, 0.25) is 0 Å². The van der Waals surface area contributed by atoms with Gasteiger partial charge in [0.2, 0.25) is 11.8 Å². The second-order valence-electron chi connectivity index (χ2n) is 6.24. The maximum Gasteiger partial charge on any atom is 0.225 e. The van der Waals surface area contributed by atoms with Crippen molar-refractivity contribution < 1.29 is 9.59 Å². The normalized spacial score (nSPS) is 23.6. The fraction of sp³-hybridized carbons (Fsp3) is 0.733. The highest BCUT2D eigenvalue weighted by atomic mass is 16.2. The Balaban J connectivity index is 1.57. The van der Waals surface area contributed by atoms with E-state index in [0.717, 1.165) is 38.8 Å². The monoisotopic (exact) mass is 305 g/mol. The summed E-state index contributed by atoms with van der Waals surface area (Å²) < 4.78 is 1.86. The summed E-state index contributed by atoms with van der Waals surface area (Å²) in [6.45, 7) is 4.54. The van der Waals surface area contributed by atoms with E-state index in [1.165, 1.54) is 6.33 Å². The van der Waals surface area contributed by atoms with Crippen LogP contribution in [-0.4, -0.2) is 62.6 Å². The standard InChI is InChI=1S/C15H23N5O2/c1-12(21)18-7-4-13(5-8-18)15(22)19-6-2-3-14(9-19)20-11-16-10-17-20/h10-11,13-14H,2-9H2,1H3/t14-/m1/s1. The van der Waals surface area contributed by atoms with Crippen LogP contribution in [0, 0.1) is 5.92 Å². The largest absolute Gasteiger partial charge is 0.343 e. The Labute approximate surface area is 130 Å². The van der Waals surface area contributed by atoms with Gasteiger partial charge < -0.3 is 9.80 Å². The number of rotatable bonds is 2. The van der Waals surface area contributed by atoms with Crippen LogP contribution in [0.15, 0.2) is 12.7 Å². The highest BCUT2D eigenvalue weighted by molar-refractivity contribution is 5.80. The molecule has 2 aliphatic rings. The SMILES string of the molecule is CC(=O)N1CCC(C(=O)N2CCC[C@@H](n3cncn3)C2)CC1. The summed E-state index contributed by atoms with van der Waals surface area (Å²) >= 11 is 0. The van der Waals surface area contributed by atoms with Crippen molar-refractivity contribution in [3.05, 3.63) is 12.7 Å². The van der Waals surface area contributed by atoms with E-state index in [1.54, 1.807) is 13.3 Å². The van der Waals surface area contributed by atoms with Gasteiger partial charge >= 0.3 is 0 Å². The zero-order chi connectivity index (χ0) is 15.5. The molecule has 0 spiro atoms. The first kappa shape index (κ1) is 15.0. The van der Waals surface area contributed by atoms with Crippen molar-refractivity contribution in [2.24, 2.45) is 5.92 Å². The van der Waals surface area contributed by atoms with Crippen molar-refractivity contribution in [1.29, 1.82) is 0 Å². The molecule has 1 aromatic rings. The molecule has 0 aromatic carbocycles. The van der Waals surface area contributed by atoms with Crippen LogP contribution >= 0.6 is 0 Å². The van der Waals surface area contributed by atoms with Crippen molar-refractivity contribution in [2.75, 3.05) is 26.2 Å². The molecular formula is C15H23N5O2. The molecule has 2 saturated heterocycles. The van der Waals surface area contributed by atoms with Crippen LogP contribution in [0.4, 0.5) is 0 Å². The first-order chi connectivity index (χ1) is 10.6. The maximum absolute atomic E-state index is 12.7. The van der Waals surface area contributed by atoms with Gasteiger partial charge in [-0.05, 0) is 25.7 Å². The number of carbonyl (C=O) groups is 2. The lowest BCUT2D eigenvalue weighted by Crippen LogP contribution is -2.47. The third-order valence-electron chi connectivity index (χ3n) is 4.81. The van der Waals surface area contributed by atoms with Crippen molar-refractivity contribution in [3.8, 4) is 0 Å². The van der Waals surface area contributed by atoms with E-state index in [4.69, 9.17) is 0 Å². The fourth-order valence-electron chi connectivity index (χ4n) is 3.48. The van der Waals surface area contributed by atoms with Gasteiger partial charge in [-0.15, -0.1) is 0 Å². The second-order valence-corrected chi connectivity index (χ2v) is 6.24. The van der Waals surface area contributed by atoms with Gasteiger partial charge in [0, 0.05) is 39.0 Å². The Hall–Kier alpha value is -1.92. The molecule has 120 valence electrons. The molecular weight excluding hydrogens is 282 g/mol. The average Bonchev–Trinajstić information content (AvgIpc) is 3.09. The van der Waals surface area contributed by atoms with Crippen molar-refractivity contribution in [3.63, 3.8) is 0 Å². The molecule has 3 heterocycles. The first-order valence-electron chi connectivity index (χ1n) is 8.03. The fourth-order valence-corrected chi connectivity index (χ4v) is 3.48. The summed E-state index contributed by atoms with van der Waals surface area (Å²) in [5.74, 6) is 0.410. The van der Waals surface area contributed by atoms with Gasteiger partial charge in [-0.25, -0.2) is 9.67 Å². The maximum atomic E-state index is 12.7. The summed E-state index contributed by atoms with van der Waals surface area (Å²) in [5.41, 5.74) is 0. The molecule has 0 saturated carbocycles. The summed E-state index contributed by atoms with van der Waals surface area (Å²) in [6, 6.07) is 0.234. The van der Waals surface area contributed by atoms with Gasteiger partial charge in [-0.1, -0.05) is 0 Å². The quantitative estimate of drug-likeness (QED) is 0.806. The minimum absolute atomic E-state index is 0.0603. The predicted octanol–water partition coefficient (Wildman–Crippen LogP) is 0.700. The van der Waals surface area contributed by atoms with Crippen LogP contribution in [0.3, 0.4) is 0 Å². The number of hydrogen-bond acceptors (Lipinski definition) is 4. The van der Waals surface area contributed by atoms with E-state index < -0.39 is 0 Å². The second kappa shape index (κ2) is 6.46. The van der Waals surface area contributed by atoms with Crippen molar-refractivity contribution in [1.82, 2.24) is 24.6 Å². The van der Waals surface area contributed by atoms with E-state index in [1.807, 2.05) is 14.5 Å². The Bertz CT molecular complexity index is 522. The Morgan fingerprint density at radius 3 is 2.50 bits per heavy atom. The third-order valence-corrected chi connectivity index (χ3v) is 4.81. The highest BCUT2D eigenvalue weighted by Crippen LogP contribution is 2.25. The molecule has 0 radical (unpaired) electrons. The summed E-state index contributed by atoms with van der Waals surface area (Å²) in [6.07, 6.45) is 6.87. The zero-order valence-corrected chi connectivity index (χ0v) is 13.0. The van der Waals surface area contributed by atoms with Gasteiger partial charge in [-0.3, -0.25) is 9.59 Å². The van der Waals surface area contributed by atoms with Crippen LogP contribution in [0.5, 0.6) is 0 Å². The van der Waals surface area contributed by atoms with E-state index in [-0.39, 0.29) is 23.8 Å². The summed E-state index contributed by atoms with van der Waals surface area (Å²) in [5, 5.41) is 4.20. The highest BCUT2D eigenvalue weighted by Gasteiger charge is 2.32. The molecule has 2 fully saturated rings. The molecule has 0 N–H and O–H groups in total. The van der Waals surface area contributed by atoms with Crippen LogP contribution < -0.4 is 0 Å². The lowest BCUT2D eigenvalue weighted by Gasteiger charge is -2.37. The molecule has 2 amide bonds. The zero-order valence-electron chi connectivity index (χ0n) is 13.0. The Kier molecular flexibility index (Phi) is 4.40. The Morgan fingerprint density at radius 2 is 1.86 bits per heavy atom. The molecule has 7 nitrogen and oxygen atoms in total. The lowest BCUT2D eigenvalue weighted by atomic mass is 9.94. The van der Waals surface area contributed by atoms with Crippen molar-refractivity contribution in [2.45, 2.75) is 38.6 Å². The van der Waals surface area contributed by atoms with Gasteiger partial charge in [0.1, 0.15) is 12.7 Å². The van der Waals surface area contributed by atoms with Gasteiger partial charge in [0.15, 0.2) is 0 Å². The number of carbonyl (C=O) groups excluding carboxylic acids is 2. The lowest BCUT2D eigenvalue weighted by molar-refractivity contribution is -0.141. The number of amides is 2. The average molecular weight is 305 g/mol. The van der Waals surface area contributed by atoms with Crippen molar-refractivity contribution >= 4 is 11.8 Å². The van der Waals surface area contributed by atoms with E-state index in [0.29, 0.717) is 13.1 Å². The number of hydrogen-bond donors (Lipinski definition) is 0. The Morgan fingerprint density at radius 1 is 1.09 bits per heavy atom.